The maximum atomic E-state index is 12.1. The van der Waals surface area contributed by atoms with E-state index in [9.17, 15) is 18.4 Å². The fourth-order valence-corrected chi connectivity index (χ4v) is 2.17. The maximum absolute atomic E-state index is 12.1. The van der Waals surface area contributed by atoms with Crippen LogP contribution in [0.1, 0.15) is 36.0 Å². The van der Waals surface area contributed by atoms with Crippen LogP contribution in [-0.4, -0.2) is 24.3 Å². The summed E-state index contributed by atoms with van der Waals surface area (Å²) < 4.78 is 28.5. The molecule has 0 unspecified atom stereocenters. The van der Waals surface area contributed by atoms with Crippen LogP contribution in [-0.2, 0) is 4.79 Å². The van der Waals surface area contributed by atoms with E-state index in [0.717, 1.165) is 0 Å². The first-order chi connectivity index (χ1) is 9.54. The molecule has 0 bridgehead atoms. The lowest BCUT2D eigenvalue weighted by molar-refractivity contribution is -0.120. The molecule has 0 aliphatic heterocycles. The van der Waals surface area contributed by atoms with E-state index in [-0.39, 0.29) is 29.0 Å². The number of hydrogen-bond acceptors (Lipinski definition) is 3. The summed E-state index contributed by atoms with van der Waals surface area (Å²) in [6.45, 7) is -2.92. The number of halogens is 2. The van der Waals surface area contributed by atoms with Gasteiger partial charge in [0, 0.05) is 24.4 Å². The molecule has 20 heavy (non-hydrogen) atoms. The molecule has 1 fully saturated rings. The maximum Gasteiger partial charge on any atom is 0.387 e. The van der Waals surface area contributed by atoms with Gasteiger partial charge in [0.05, 0.1) is 0 Å². The average Bonchev–Trinajstić information content (AvgIpc) is 2.41. The Bertz CT molecular complexity index is 495. The zero-order chi connectivity index (χ0) is 14.5. The molecular weight excluding hydrogens is 268 g/mol. The highest BCUT2D eigenvalue weighted by atomic mass is 19.3. The molecule has 1 saturated carbocycles. The van der Waals surface area contributed by atoms with Crippen LogP contribution in [0.25, 0.3) is 0 Å². The van der Waals surface area contributed by atoms with Gasteiger partial charge >= 0.3 is 6.61 Å². The smallest absolute Gasteiger partial charge is 0.387 e. The minimum absolute atomic E-state index is 0.0418. The van der Waals surface area contributed by atoms with Crippen molar-refractivity contribution in [2.45, 2.75) is 38.3 Å². The van der Waals surface area contributed by atoms with Gasteiger partial charge < -0.3 is 10.1 Å². The second kappa shape index (κ2) is 6.45. The summed E-state index contributed by atoms with van der Waals surface area (Å²) >= 11 is 0. The van der Waals surface area contributed by atoms with Gasteiger partial charge in [-0.15, -0.1) is 0 Å². The topological polar surface area (TPSA) is 55.4 Å². The Balaban J connectivity index is 1.96. The molecule has 1 N–H and O–H groups in total. The Morgan fingerprint density at radius 1 is 1.30 bits per heavy atom. The number of benzene rings is 1. The molecular formula is C14H15F2NO3. The molecule has 6 heteroatoms. The van der Waals surface area contributed by atoms with E-state index in [1.165, 1.54) is 24.3 Å². The molecule has 1 aromatic rings. The van der Waals surface area contributed by atoms with E-state index >= 15 is 0 Å². The highest BCUT2D eigenvalue weighted by molar-refractivity contribution is 5.95. The first-order valence-corrected chi connectivity index (χ1v) is 6.42. The number of alkyl halides is 2. The first kappa shape index (κ1) is 14.4. The zero-order valence-electron chi connectivity index (χ0n) is 10.8. The van der Waals surface area contributed by atoms with Gasteiger partial charge in [-0.1, -0.05) is 6.07 Å². The molecule has 2 rings (SSSR count). The fourth-order valence-electron chi connectivity index (χ4n) is 2.17. The van der Waals surface area contributed by atoms with Crippen LogP contribution in [0.15, 0.2) is 24.3 Å². The third kappa shape index (κ3) is 4.01. The normalized spacial score (nSPS) is 16.2. The van der Waals surface area contributed by atoms with E-state index in [0.29, 0.717) is 25.7 Å². The van der Waals surface area contributed by atoms with Crippen LogP contribution < -0.4 is 10.1 Å². The van der Waals surface area contributed by atoms with Gasteiger partial charge in [0.15, 0.2) is 0 Å². The van der Waals surface area contributed by atoms with Gasteiger partial charge in [-0.25, -0.2) is 0 Å². The van der Waals surface area contributed by atoms with Crippen LogP contribution in [0.2, 0.25) is 0 Å². The summed E-state index contributed by atoms with van der Waals surface area (Å²) in [6, 6.07) is 5.61. The molecule has 108 valence electrons. The van der Waals surface area contributed by atoms with Crippen LogP contribution in [0.4, 0.5) is 8.78 Å². The largest absolute Gasteiger partial charge is 0.435 e. The van der Waals surface area contributed by atoms with Crippen molar-refractivity contribution in [3.63, 3.8) is 0 Å². The molecule has 1 amide bonds. The highest BCUT2D eigenvalue weighted by Crippen LogP contribution is 2.18. The third-order valence-corrected chi connectivity index (χ3v) is 3.20. The second-order valence-electron chi connectivity index (χ2n) is 4.69. The predicted octanol–water partition coefficient (Wildman–Crippen LogP) is 2.53. The van der Waals surface area contributed by atoms with Crippen molar-refractivity contribution in [1.82, 2.24) is 5.32 Å². The van der Waals surface area contributed by atoms with E-state index in [4.69, 9.17) is 0 Å². The highest BCUT2D eigenvalue weighted by Gasteiger charge is 2.21. The molecule has 1 aliphatic carbocycles. The summed E-state index contributed by atoms with van der Waals surface area (Å²) in [4.78, 5) is 23.1. The van der Waals surface area contributed by atoms with Crippen molar-refractivity contribution in [3.8, 4) is 5.75 Å². The lowest BCUT2D eigenvalue weighted by Crippen LogP contribution is -2.37. The Kier molecular flexibility index (Phi) is 4.65. The minimum atomic E-state index is -2.92. The van der Waals surface area contributed by atoms with Gasteiger partial charge in [-0.05, 0) is 31.0 Å². The minimum Gasteiger partial charge on any atom is -0.435 e. The molecule has 1 aliphatic rings. The number of carbonyl (C=O) groups excluding carboxylic acids is 2. The van der Waals surface area contributed by atoms with Crippen LogP contribution in [0.5, 0.6) is 5.75 Å². The molecule has 0 saturated heterocycles. The number of nitrogens with one attached hydrogen (secondary N) is 1. The number of ether oxygens (including phenoxy) is 1. The van der Waals surface area contributed by atoms with E-state index < -0.39 is 6.61 Å². The van der Waals surface area contributed by atoms with Gasteiger partial charge in [0.25, 0.3) is 5.91 Å². The van der Waals surface area contributed by atoms with Crippen molar-refractivity contribution < 1.29 is 23.1 Å². The Morgan fingerprint density at radius 3 is 2.65 bits per heavy atom. The van der Waals surface area contributed by atoms with Crippen molar-refractivity contribution in [1.29, 1.82) is 0 Å². The number of Topliss-reactive ketones (excluding diaryl/α,β-unsaturated/α-hetero) is 1. The Morgan fingerprint density at radius 2 is 2.00 bits per heavy atom. The lowest BCUT2D eigenvalue weighted by atomic mass is 9.94. The zero-order valence-corrected chi connectivity index (χ0v) is 10.8. The van der Waals surface area contributed by atoms with Gasteiger partial charge in [0.2, 0.25) is 0 Å². The summed E-state index contributed by atoms with van der Waals surface area (Å²) in [6.07, 6.45) is 2.19. The molecule has 0 aromatic heterocycles. The van der Waals surface area contributed by atoms with Gasteiger partial charge in [0.1, 0.15) is 11.5 Å². The van der Waals surface area contributed by atoms with Crippen molar-refractivity contribution in [2.24, 2.45) is 0 Å². The van der Waals surface area contributed by atoms with Crippen LogP contribution in [0, 0.1) is 0 Å². The van der Waals surface area contributed by atoms with E-state index in [1.807, 2.05) is 0 Å². The van der Waals surface area contributed by atoms with Gasteiger partial charge in [-0.3, -0.25) is 9.59 Å². The SMILES string of the molecule is O=C1CCC(NC(=O)c2cccc(OC(F)F)c2)CC1. The summed E-state index contributed by atoms with van der Waals surface area (Å²) in [5.41, 5.74) is 0.264. The van der Waals surface area contributed by atoms with E-state index in [1.54, 1.807) is 0 Å². The lowest BCUT2D eigenvalue weighted by Gasteiger charge is -2.22. The number of hydrogen-bond donors (Lipinski definition) is 1. The van der Waals surface area contributed by atoms with E-state index in [2.05, 4.69) is 10.1 Å². The predicted molar refractivity (Wildman–Crippen MR) is 67.8 cm³/mol. The molecule has 0 spiro atoms. The molecule has 4 nitrogen and oxygen atoms in total. The monoisotopic (exact) mass is 283 g/mol. The first-order valence-electron chi connectivity index (χ1n) is 6.42. The molecule has 0 heterocycles. The van der Waals surface area contributed by atoms with Crippen molar-refractivity contribution >= 4 is 11.7 Å². The molecule has 0 atom stereocenters. The summed E-state index contributed by atoms with van der Waals surface area (Å²) in [5, 5.41) is 2.80. The van der Waals surface area contributed by atoms with Crippen LogP contribution in [0.3, 0.4) is 0 Å². The van der Waals surface area contributed by atoms with Crippen LogP contribution >= 0.6 is 0 Å². The summed E-state index contributed by atoms with van der Waals surface area (Å²) in [5.74, 6) is -0.182. The standard InChI is InChI=1S/C14H15F2NO3/c15-14(16)20-12-3-1-2-9(8-12)13(19)17-10-4-6-11(18)7-5-10/h1-3,8,10,14H,4-7H2,(H,17,19). The second-order valence-corrected chi connectivity index (χ2v) is 4.69. The Hall–Kier alpha value is -1.98. The number of carbonyl (C=O) groups is 2. The third-order valence-electron chi connectivity index (χ3n) is 3.20. The number of ketones is 1. The number of rotatable bonds is 4. The van der Waals surface area contributed by atoms with Crippen molar-refractivity contribution in [2.75, 3.05) is 0 Å². The Labute approximate surface area is 115 Å². The number of amides is 1. The van der Waals surface area contributed by atoms with Gasteiger partial charge in [-0.2, -0.15) is 8.78 Å². The fraction of sp³-hybridized carbons (Fsp3) is 0.429. The molecule has 1 aromatic carbocycles. The average molecular weight is 283 g/mol. The summed E-state index contributed by atoms with van der Waals surface area (Å²) in [7, 11) is 0. The quantitative estimate of drug-likeness (QED) is 0.923. The molecule has 0 radical (unpaired) electrons. The van der Waals surface area contributed by atoms with Crippen molar-refractivity contribution in [3.05, 3.63) is 29.8 Å².